The van der Waals surface area contributed by atoms with Crippen molar-refractivity contribution in [2.45, 2.75) is 37.7 Å². The molecule has 0 aromatic rings. The molecule has 18 heavy (non-hydrogen) atoms. The number of hydrogen-bond acceptors (Lipinski definition) is 4. The molecule has 1 fully saturated rings. The molecule has 1 aliphatic rings. The van der Waals surface area contributed by atoms with Gasteiger partial charge >= 0.3 is 5.97 Å². The van der Waals surface area contributed by atoms with Crippen molar-refractivity contribution in [3.8, 4) is 0 Å². The average molecular weight is 272 g/mol. The van der Waals surface area contributed by atoms with Crippen LogP contribution in [0.2, 0.25) is 0 Å². The summed E-state index contributed by atoms with van der Waals surface area (Å²) < 4.78 is 0. The van der Waals surface area contributed by atoms with Crippen molar-refractivity contribution < 1.29 is 14.7 Å². The average Bonchev–Trinajstić information content (AvgIpc) is 2.72. The van der Waals surface area contributed by atoms with Crippen molar-refractivity contribution in [3.05, 3.63) is 12.7 Å². The van der Waals surface area contributed by atoms with Gasteiger partial charge in [0.2, 0.25) is 5.91 Å². The fourth-order valence-electron chi connectivity index (χ4n) is 1.98. The van der Waals surface area contributed by atoms with E-state index in [1.54, 1.807) is 6.08 Å². The number of carboxylic acid groups (broad SMARTS) is 1. The lowest BCUT2D eigenvalue weighted by Crippen LogP contribution is -2.53. The van der Waals surface area contributed by atoms with Crippen LogP contribution in [0.4, 0.5) is 0 Å². The first kappa shape index (κ1) is 15.0. The van der Waals surface area contributed by atoms with Crippen LogP contribution in [0.1, 0.15) is 20.3 Å². The van der Waals surface area contributed by atoms with Gasteiger partial charge in [0.25, 0.3) is 0 Å². The summed E-state index contributed by atoms with van der Waals surface area (Å²) in [6.45, 7) is 7.49. The van der Waals surface area contributed by atoms with Gasteiger partial charge in [-0.1, -0.05) is 19.9 Å². The van der Waals surface area contributed by atoms with Crippen LogP contribution in [0.3, 0.4) is 0 Å². The Kier molecular flexibility index (Phi) is 5.22. The molecule has 3 unspecified atom stereocenters. The van der Waals surface area contributed by atoms with Crippen LogP contribution in [0.15, 0.2) is 12.7 Å². The van der Waals surface area contributed by atoms with Gasteiger partial charge in [0, 0.05) is 5.75 Å². The molecule has 0 aromatic carbocycles. The first-order valence-corrected chi connectivity index (χ1v) is 6.98. The van der Waals surface area contributed by atoms with Gasteiger partial charge in [-0.15, -0.1) is 18.3 Å². The Morgan fingerprint density at radius 1 is 1.61 bits per heavy atom. The van der Waals surface area contributed by atoms with Crippen molar-refractivity contribution in [1.82, 2.24) is 4.90 Å². The van der Waals surface area contributed by atoms with E-state index in [1.807, 2.05) is 13.8 Å². The predicted octanol–water partition coefficient (Wildman–Crippen LogP) is 0.901. The number of carboxylic acids is 1. The lowest BCUT2D eigenvalue weighted by Gasteiger charge is -2.31. The number of carbonyl (C=O) groups is 2. The van der Waals surface area contributed by atoms with E-state index in [1.165, 1.54) is 16.7 Å². The molecule has 1 saturated heterocycles. The second kappa shape index (κ2) is 6.24. The molecule has 3 atom stereocenters. The summed E-state index contributed by atoms with van der Waals surface area (Å²) in [6, 6.07) is -1.48. The topological polar surface area (TPSA) is 83.6 Å². The zero-order chi connectivity index (χ0) is 13.9. The summed E-state index contributed by atoms with van der Waals surface area (Å²) in [5, 5.41) is 9.06. The number of aliphatic carboxylic acids is 1. The third-order valence-electron chi connectivity index (χ3n) is 2.88. The Bertz CT molecular complexity index is 346. The van der Waals surface area contributed by atoms with Crippen LogP contribution in [0.25, 0.3) is 0 Å². The van der Waals surface area contributed by atoms with Crippen molar-refractivity contribution in [3.63, 3.8) is 0 Å². The molecule has 0 aliphatic carbocycles. The van der Waals surface area contributed by atoms with Gasteiger partial charge in [-0.2, -0.15) is 0 Å². The maximum atomic E-state index is 12.2. The monoisotopic (exact) mass is 272 g/mol. The number of carbonyl (C=O) groups excluding carboxylic acids is 1. The molecule has 1 heterocycles. The first-order valence-electron chi connectivity index (χ1n) is 5.93. The van der Waals surface area contributed by atoms with Crippen molar-refractivity contribution in [1.29, 1.82) is 0 Å². The Hall–Kier alpha value is -1.01. The minimum absolute atomic E-state index is 0.116. The van der Waals surface area contributed by atoms with Crippen LogP contribution in [0.5, 0.6) is 0 Å². The Balaban J connectivity index is 2.92. The smallest absolute Gasteiger partial charge is 0.327 e. The van der Waals surface area contributed by atoms with Gasteiger partial charge in [-0.3, -0.25) is 4.79 Å². The maximum Gasteiger partial charge on any atom is 0.327 e. The molecule has 5 nitrogen and oxygen atoms in total. The van der Waals surface area contributed by atoms with E-state index in [0.717, 1.165) is 0 Å². The standard InChI is InChI=1S/C12H20N2O3S/c1-4-5-8(13)10(15)14-9(12(16)17)6-18-11(14)7(2)3/h4,7-9,11H,1,5-6,13H2,2-3H3,(H,16,17). The molecule has 1 aliphatic heterocycles. The highest BCUT2D eigenvalue weighted by atomic mass is 32.2. The predicted molar refractivity (Wildman–Crippen MR) is 72.1 cm³/mol. The summed E-state index contributed by atoms with van der Waals surface area (Å²) in [7, 11) is 0. The van der Waals surface area contributed by atoms with Gasteiger partial charge in [0.1, 0.15) is 6.04 Å². The number of nitrogens with two attached hydrogens (primary N) is 1. The molecule has 3 N–H and O–H groups in total. The second-order valence-corrected chi connectivity index (χ2v) is 5.85. The Morgan fingerprint density at radius 2 is 2.22 bits per heavy atom. The fraction of sp³-hybridized carbons (Fsp3) is 0.667. The van der Waals surface area contributed by atoms with E-state index in [0.29, 0.717) is 12.2 Å². The highest BCUT2D eigenvalue weighted by Crippen LogP contribution is 2.34. The van der Waals surface area contributed by atoms with E-state index < -0.39 is 18.1 Å². The zero-order valence-corrected chi connectivity index (χ0v) is 11.5. The highest BCUT2D eigenvalue weighted by Gasteiger charge is 2.43. The van der Waals surface area contributed by atoms with E-state index in [4.69, 9.17) is 5.73 Å². The lowest BCUT2D eigenvalue weighted by atomic mass is 10.1. The van der Waals surface area contributed by atoms with Gasteiger partial charge in [0.15, 0.2) is 0 Å². The zero-order valence-electron chi connectivity index (χ0n) is 10.7. The number of nitrogens with zero attached hydrogens (tertiary/aromatic N) is 1. The second-order valence-electron chi connectivity index (χ2n) is 4.70. The highest BCUT2D eigenvalue weighted by molar-refractivity contribution is 8.00. The molecule has 0 radical (unpaired) electrons. The van der Waals surface area contributed by atoms with Crippen LogP contribution < -0.4 is 5.73 Å². The number of hydrogen-bond donors (Lipinski definition) is 2. The normalized spacial score (nSPS) is 25.2. The quantitative estimate of drug-likeness (QED) is 0.727. The summed E-state index contributed by atoms with van der Waals surface area (Å²) in [4.78, 5) is 24.9. The minimum Gasteiger partial charge on any atom is -0.480 e. The molecule has 0 bridgehead atoms. The molecule has 0 aromatic heterocycles. The number of rotatable bonds is 5. The molecule has 1 amide bonds. The van der Waals surface area contributed by atoms with Crippen LogP contribution in [-0.2, 0) is 9.59 Å². The van der Waals surface area contributed by atoms with Gasteiger partial charge in [0.05, 0.1) is 11.4 Å². The van der Waals surface area contributed by atoms with Gasteiger partial charge in [-0.25, -0.2) is 4.79 Å². The fourth-order valence-corrected chi connectivity index (χ4v) is 3.46. The Labute approximate surface area is 111 Å². The largest absolute Gasteiger partial charge is 0.480 e. The summed E-state index contributed by atoms with van der Waals surface area (Å²) in [5.41, 5.74) is 5.77. The molecular formula is C12H20N2O3S. The van der Waals surface area contributed by atoms with E-state index in [2.05, 4.69) is 6.58 Å². The third-order valence-corrected chi connectivity index (χ3v) is 4.50. The minimum atomic E-state index is -0.968. The molecule has 0 spiro atoms. The van der Waals surface area contributed by atoms with Crippen molar-refractivity contribution in [2.24, 2.45) is 11.7 Å². The number of thioether (sulfide) groups is 1. The summed E-state index contributed by atoms with van der Waals surface area (Å²) in [6.07, 6.45) is 1.93. The molecule has 6 heteroatoms. The lowest BCUT2D eigenvalue weighted by molar-refractivity contribution is -0.150. The van der Waals surface area contributed by atoms with Crippen molar-refractivity contribution >= 4 is 23.6 Å². The molecular weight excluding hydrogens is 252 g/mol. The number of amides is 1. The van der Waals surface area contributed by atoms with E-state index >= 15 is 0 Å². The van der Waals surface area contributed by atoms with Gasteiger partial charge < -0.3 is 15.7 Å². The first-order chi connectivity index (χ1) is 8.40. The summed E-state index contributed by atoms with van der Waals surface area (Å²) in [5.74, 6) is -0.653. The van der Waals surface area contributed by atoms with Crippen LogP contribution >= 0.6 is 11.8 Å². The van der Waals surface area contributed by atoms with E-state index in [9.17, 15) is 14.7 Å². The molecule has 1 rings (SSSR count). The molecule has 0 saturated carbocycles. The SMILES string of the molecule is C=CCC(N)C(=O)N1C(C(=O)O)CSC1C(C)C. The van der Waals surface area contributed by atoms with E-state index in [-0.39, 0.29) is 17.2 Å². The Morgan fingerprint density at radius 3 is 2.67 bits per heavy atom. The maximum absolute atomic E-state index is 12.2. The van der Waals surface area contributed by atoms with Crippen LogP contribution in [0, 0.1) is 5.92 Å². The molecule has 102 valence electrons. The third kappa shape index (κ3) is 3.05. The van der Waals surface area contributed by atoms with Crippen molar-refractivity contribution in [2.75, 3.05) is 5.75 Å². The van der Waals surface area contributed by atoms with Crippen LogP contribution in [-0.4, -0.2) is 45.1 Å². The van der Waals surface area contributed by atoms with Gasteiger partial charge in [-0.05, 0) is 12.3 Å². The summed E-state index contributed by atoms with van der Waals surface area (Å²) >= 11 is 1.50.